The maximum Gasteiger partial charge on any atom is 0.227 e. The van der Waals surface area contributed by atoms with Gasteiger partial charge in [0.15, 0.2) is 0 Å². The van der Waals surface area contributed by atoms with Crippen LogP contribution in [0.3, 0.4) is 0 Å². The van der Waals surface area contributed by atoms with E-state index in [0.29, 0.717) is 5.71 Å². The summed E-state index contributed by atoms with van der Waals surface area (Å²) < 4.78 is 8.44. The average molecular weight is 552 g/mol. The predicted molar refractivity (Wildman–Crippen MR) is 178 cm³/mol. The minimum atomic E-state index is 0.654. The molecule has 0 atom stereocenters. The second-order valence-corrected chi connectivity index (χ2v) is 10.9. The summed E-state index contributed by atoms with van der Waals surface area (Å²) in [6.45, 7) is 0. The Balaban J connectivity index is 1.28. The monoisotopic (exact) mass is 551 g/mol. The van der Waals surface area contributed by atoms with Crippen molar-refractivity contribution >= 4 is 71.7 Å². The van der Waals surface area contributed by atoms with Gasteiger partial charge in [0.1, 0.15) is 5.58 Å². The lowest BCUT2D eigenvalue weighted by Gasteiger charge is -2.26. The fourth-order valence-corrected chi connectivity index (χ4v) is 6.47. The van der Waals surface area contributed by atoms with E-state index >= 15 is 0 Å². The molecule has 0 aliphatic heterocycles. The van der Waals surface area contributed by atoms with E-state index in [2.05, 4.69) is 148 Å². The molecule has 202 valence electrons. The fourth-order valence-electron chi connectivity index (χ4n) is 6.47. The van der Waals surface area contributed by atoms with Crippen LogP contribution in [0.4, 0.5) is 17.1 Å². The number of hydrogen-bond donors (Lipinski definition) is 0. The van der Waals surface area contributed by atoms with Crippen molar-refractivity contribution in [2.45, 2.75) is 0 Å². The first-order chi connectivity index (χ1) is 21.3. The van der Waals surface area contributed by atoms with Gasteiger partial charge in [-0.25, -0.2) is 4.98 Å². The van der Waals surface area contributed by atoms with E-state index in [1.165, 1.54) is 32.6 Å². The highest BCUT2D eigenvalue weighted by Crippen LogP contribution is 2.40. The smallest absolute Gasteiger partial charge is 0.227 e. The Labute approximate surface area is 247 Å². The molecule has 0 bridgehead atoms. The van der Waals surface area contributed by atoms with E-state index in [0.717, 1.165) is 39.1 Å². The molecule has 0 saturated carbocycles. The molecule has 0 aliphatic carbocycles. The summed E-state index contributed by atoms with van der Waals surface area (Å²) in [6, 6.07) is 51.7. The normalized spacial score (nSPS) is 11.7. The third-order valence-electron chi connectivity index (χ3n) is 8.39. The van der Waals surface area contributed by atoms with Gasteiger partial charge in [0.05, 0.1) is 11.0 Å². The number of furan rings is 1. The van der Waals surface area contributed by atoms with Crippen LogP contribution in [0.2, 0.25) is 0 Å². The van der Waals surface area contributed by atoms with Gasteiger partial charge >= 0.3 is 0 Å². The van der Waals surface area contributed by atoms with Gasteiger partial charge in [-0.2, -0.15) is 0 Å². The van der Waals surface area contributed by atoms with Crippen molar-refractivity contribution in [3.05, 3.63) is 152 Å². The first-order valence-corrected chi connectivity index (χ1v) is 14.5. The zero-order valence-electron chi connectivity index (χ0n) is 23.2. The highest BCUT2D eigenvalue weighted by molar-refractivity contribution is 6.13. The Morgan fingerprint density at radius 2 is 1.23 bits per heavy atom. The minimum Gasteiger partial charge on any atom is -0.438 e. The second kappa shape index (κ2) is 9.33. The molecule has 0 N–H and O–H groups in total. The first-order valence-electron chi connectivity index (χ1n) is 14.5. The molecule has 0 unspecified atom stereocenters. The van der Waals surface area contributed by atoms with Crippen LogP contribution >= 0.6 is 0 Å². The molecule has 0 amide bonds. The van der Waals surface area contributed by atoms with Gasteiger partial charge in [0, 0.05) is 50.5 Å². The molecule has 0 saturated heterocycles. The zero-order valence-corrected chi connectivity index (χ0v) is 23.2. The summed E-state index contributed by atoms with van der Waals surface area (Å²) in [5, 5.41) is 7.05. The molecule has 43 heavy (non-hydrogen) atoms. The van der Waals surface area contributed by atoms with Gasteiger partial charge in [-0.3, -0.25) is 0 Å². The Kier molecular flexibility index (Phi) is 5.16. The summed E-state index contributed by atoms with van der Waals surface area (Å²) in [7, 11) is 0. The number of benzene rings is 6. The van der Waals surface area contributed by atoms with Gasteiger partial charge in [-0.15, -0.1) is 0 Å². The van der Waals surface area contributed by atoms with Gasteiger partial charge in [0.2, 0.25) is 5.71 Å². The van der Waals surface area contributed by atoms with Crippen molar-refractivity contribution in [3.63, 3.8) is 0 Å². The van der Waals surface area contributed by atoms with Crippen molar-refractivity contribution in [3.8, 4) is 5.69 Å². The maximum atomic E-state index is 6.05. The number of fused-ring (bicyclic) bond motifs is 7. The Morgan fingerprint density at radius 1 is 0.488 bits per heavy atom. The lowest BCUT2D eigenvalue weighted by atomic mass is 10.1. The van der Waals surface area contributed by atoms with Crippen LogP contribution < -0.4 is 4.90 Å². The Morgan fingerprint density at radius 3 is 2.14 bits per heavy atom. The molecule has 3 aromatic heterocycles. The topological polar surface area (TPSA) is 34.2 Å². The van der Waals surface area contributed by atoms with E-state index in [4.69, 9.17) is 4.42 Å². The maximum absolute atomic E-state index is 6.05. The molecule has 9 aromatic rings. The van der Waals surface area contributed by atoms with E-state index in [9.17, 15) is 0 Å². The molecule has 0 radical (unpaired) electrons. The number of hydrogen-bond acceptors (Lipinski definition) is 3. The number of pyridine rings is 1. The second-order valence-electron chi connectivity index (χ2n) is 10.9. The van der Waals surface area contributed by atoms with Crippen molar-refractivity contribution in [2.24, 2.45) is 0 Å². The van der Waals surface area contributed by atoms with Crippen molar-refractivity contribution in [1.29, 1.82) is 0 Å². The lowest BCUT2D eigenvalue weighted by molar-refractivity contribution is 0.654. The molecule has 9 rings (SSSR count). The molecular formula is C39H25N3O. The van der Waals surface area contributed by atoms with Crippen LogP contribution in [0.15, 0.2) is 156 Å². The number of aromatic nitrogens is 2. The fraction of sp³-hybridized carbons (Fsp3) is 0. The van der Waals surface area contributed by atoms with Gasteiger partial charge in [-0.1, -0.05) is 66.7 Å². The van der Waals surface area contributed by atoms with E-state index in [1.54, 1.807) is 6.20 Å². The largest absolute Gasteiger partial charge is 0.438 e. The van der Waals surface area contributed by atoms with Crippen LogP contribution in [0.25, 0.3) is 60.3 Å². The number of nitrogens with zero attached hydrogens (tertiary/aromatic N) is 3. The molecule has 0 spiro atoms. The molecule has 4 nitrogen and oxygen atoms in total. The lowest BCUT2D eigenvalue weighted by Crippen LogP contribution is -2.10. The van der Waals surface area contributed by atoms with Crippen molar-refractivity contribution in [1.82, 2.24) is 9.55 Å². The van der Waals surface area contributed by atoms with E-state index in [-0.39, 0.29) is 0 Å². The van der Waals surface area contributed by atoms with Crippen LogP contribution in [0, 0.1) is 0 Å². The van der Waals surface area contributed by atoms with Crippen LogP contribution in [0.1, 0.15) is 0 Å². The first kappa shape index (κ1) is 23.8. The third-order valence-corrected chi connectivity index (χ3v) is 8.39. The Hall–Kier alpha value is -5.87. The average Bonchev–Trinajstić information content (AvgIpc) is 3.59. The van der Waals surface area contributed by atoms with Crippen LogP contribution in [-0.2, 0) is 0 Å². The van der Waals surface area contributed by atoms with Crippen molar-refractivity contribution < 1.29 is 4.42 Å². The number of anilines is 3. The molecule has 3 heterocycles. The molecule has 6 aromatic carbocycles. The van der Waals surface area contributed by atoms with Gasteiger partial charge in [0.25, 0.3) is 0 Å². The minimum absolute atomic E-state index is 0.654. The molecule has 0 aliphatic rings. The summed E-state index contributed by atoms with van der Waals surface area (Å²) in [5.41, 5.74) is 8.18. The standard InChI is InChI=1S/C39H25N3O/c1-2-12-28(13-3-1)41(31-19-20-38-35(25-31)33-17-9-21-40-39(33)43-38)29-14-8-15-30(24-29)42-36-18-7-6-16-32(36)34-22-26-10-4-5-11-27(26)23-37(34)42/h1-25H. The highest BCUT2D eigenvalue weighted by atomic mass is 16.3. The summed E-state index contributed by atoms with van der Waals surface area (Å²) in [6.07, 6.45) is 1.77. The predicted octanol–water partition coefficient (Wildman–Crippen LogP) is 10.7. The number of rotatable bonds is 4. The molecule has 4 heteroatoms. The summed E-state index contributed by atoms with van der Waals surface area (Å²) in [5.74, 6) is 0. The summed E-state index contributed by atoms with van der Waals surface area (Å²) >= 11 is 0. The molecule has 0 fully saturated rings. The Bertz CT molecular complexity index is 2470. The third kappa shape index (κ3) is 3.74. The SMILES string of the molecule is c1ccc(N(c2cccc(-n3c4ccccc4c4cc5ccccc5cc43)c2)c2ccc3oc4ncccc4c3c2)cc1. The highest BCUT2D eigenvalue weighted by Gasteiger charge is 2.18. The molecular weight excluding hydrogens is 526 g/mol. The van der Waals surface area contributed by atoms with Crippen LogP contribution in [-0.4, -0.2) is 9.55 Å². The van der Waals surface area contributed by atoms with Crippen molar-refractivity contribution in [2.75, 3.05) is 4.90 Å². The van der Waals surface area contributed by atoms with Gasteiger partial charge in [-0.05, 0) is 89.6 Å². The van der Waals surface area contributed by atoms with E-state index < -0.39 is 0 Å². The zero-order chi connectivity index (χ0) is 28.3. The van der Waals surface area contributed by atoms with Crippen LogP contribution in [0.5, 0.6) is 0 Å². The number of para-hydroxylation sites is 2. The summed E-state index contributed by atoms with van der Waals surface area (Å²) in [4.78, 5) is 6.74. The quantitative estimate of drug-likeness (QED) is 0.218. The van der Waals surface area contributed by atoms with Gasteiger partial charge < -0.3 is 13.9 Å². The van der Waals surface area contributed by atoms with E-state index in [1.807, 2.05) is 12.1 Å².